The van der Waals surface area contributed by atoms with Crippen molar-refractivity contribution in [2.24, 2.45) is 0 Å². The van der Waals surface area contributed by atoms with Crippen LogP contribution in [0.5, 0.6) is 0 Å². The van der Waals surface area contributed by atoms with Gasteiger partial charge < -0.3 is 5.32 Å². The molecule has 20 heavy (non-hydrogen) atoms. The van der Waals surface area contributed by atoms with Gasteiger partial charge in [0.15, 0.2) is 0 Å². The highest BCUT2D eigenvalue weighted by atomic mass is 79.9. The maximum absolute atomic E-state index is 13.4. The minimum absolute atomic E-state index is 0.292. The molecule has 1 amide bonds. The van der Waals surface area contributed by atoms with Gasteiger partial charge in [0.05, 0.1) is 4.47 Å². The van der Waals surface area contributed by atoms with Crippen molar-refractivity contribution in [3.05, 3.63) is 63.9 Å². The van der Waals surface area contributed by atoms with E-state index in [9.17, 15) is 9.18 Å². The van der Waals surface area contributed by atoms with Gasteiger partial charge in [-0.25, -0.2) is 4.39 Å². The van der Waals surface area contributed by atoms with Crippen LogP contribution in [0, 0.1) is 5.82 Å². The minimum atomic E-state index is -0.450. The van der Waals surface area contributed by atoms with Crippen molar-refractivity contribution in [1.29, 1.82) is 0 Å². The molecule has 2 aromatic rings. The highest BCUT2D eigenvalue weighted by Gasteiger charge is 2.09. The summed E-state index contributed by atoms with van der Waals surface area (Å²) in [5.74, 6) is -0.386. The molecule has 2 aromatic carbocycles. The first-order valence-electron chi connectivity index (χ1n) is 6.33. The van der Waals surface area contributed by atoms with Crippen LogP contribution in [-0.4, -0.2) is 5.91 Å². The van der Waals surface area contributed by atoms with Gasteiger partial charge in [-0.3, -0.25) is 4.79 Å². The summed E-state index contributed by atoms with van der Waals surface area (Å²) in [6, 6.07) is 12.0. The number of carbonyl (C=O) groups excluding carboxylic acids is 1. The van der Waals surface area contributed by atoms with E-state index in [0.717, 1.165) is 5.56 Å². The van der Waals surface area contributed by atoms with Crippen LogP contribution in [-0.2, 0) is 0 Å². The number of hydrogen-bond acceptors (Lipinski definition) is 1. The molecule has 0 bridgehead atoms. The number of benzene rings is 2. The Bertz CT molecular complexity index is 640. The molecule has 0 aliphatic carbocycles. The molecule has 0 saturated carbocycles. The summed E-state index contributed by atoms with van der Waals surface area (Å²) in [6.45, 7) is 4.18. The van der Waals surface area contributed by atoms with Crippen LogP contribution in [0.1, 0.15) is 35.7 Å². The summed E-state index contributed by atoms with van der Waals surface area (Å²) in [5, 5.41) is 2.78. The largest absolute Gasteiger partial charge is 0.322 e. The van der Waals surface area contributed by atoms with Gasteiger partial charge in [-0.2, -0.15) is 0 Å². The molecule has 2 nitrogen and oxygen atoms in total. The van der Waals surface area contributed by atoms with Crippen LogP contribution in [0.4, 0.5) is 10.1 Å². The Morgan fingerprint density at radius 2 is 1.95 bits per heavy atom. The lowest BCUT2D eigenvalue weighted by Gasteiger charge is -2.10. The van der Waals surface area contributed by atoms with Crippen LogP contribution >= 0.6 is 15.9 Å². The molecular formula is C16H15BrFNO. The summed E-state index contributed by atoms with van der Waals surface area (Å²) in [4.78, 5) is 12.1. The monoisotopic (exact) mass is 335 g/mol. The predicted octanol–water partition coefficient (Wildman–Crippen LogP) is 4.96. The number of rotatable bonds is 3. The molecule has 0 aromatic heterocycles. The van der Waals surface area contributed by atoms with Crippen molar-refractivity contribution in [2.75, 3.05) is 5.32 Å². The Morgan fingerprint density at radius 3 is 2.60 bits per heavy atom. The highest BCUT2D eigenvalue weighted by Crippen LogP contribution is 2.20. The van der Waals surface area contributed by atoms with E-state index in [2.05, 4.69) is 35.1 Å². The van der Waals surface area contributed by atoms with Crippen molar-refractivity contribution in [3.63, 3.8) is 0 Å². The van der Waals surface area contributed by atoms with Crippen LogP contribution in [0.15, 0.2) is 46.9 Å². The molecule has 0 atom stereocenters. The van der Waals surface area contributed by atoms with Crippen molar-refractivity contribution in [3.8, 4) is 0 Å². The molecule has 104 valence electrons. The second-order valence-corrected chi connectivity index (χ2v) is 5.72. The molecule has 0 fully saturated rings. The number of hydrogen-bond donors (Lipinski definition) is 1. The molecule has 0 unspecified atom stereocenters. The molecule has 0 saturated heterocycles. The summed E-state index contributed by atoms with van der Waals surface area (Å²) in [6.07, 6.45) is 0. The number of amides is 1. The van der Waals surface area contributed by atoms with E-state index in [1.165, 1.54) is 12.1 Å². The summed E-state index contributed by atoms with van der Waals surface area (Å²) in [5.41, 5.74) is 2.15. The van der Waals surface area contributed by atoms with Crippen LogP contribution < -0.4 is 5.32 Å². The molecular weight excluding hydrogens is 321 g/mol. The predicted molar refractivity (Wildman–Crippen MR) is 82.6 cm³/mol. The van der Waals surface area contributed by atoms with Gasteiger partial charge in [-0.1, -0.05) is 26.0 Å². The van der Waals surface area contributed by atoms with Gasteiger partial charge in [0.25, 0.3) is 5.91 Å². The van der Waals surface area contributed by atoms with Crippen LogP contribution in [0.25, 0.3) is 0 Å². The van der Waals surface area contributed by atoms with Crippen molar-refractivity contribution >= 4 is 27.5 Å². The maximum atomic E-state index is 13.4. The zero-order chi connectivity index (χ0) is 14.7. The first-order valence-corrected chi connectivity index (χ1v) is 7.13. The average molecular weight is 336 g/mol. The average Bonchev–Trinajstić information content (AvgIpc) is 2.42. The molecule has 0 aliphatic rings. The summed E-state index contributed by atoms with van der Waals surface area (Å²) >= 11 is 3.06. The van der Waals surface area contributed by atoms with E-state index in [1.807, 2.05) is 24.3 Å². The third kappa shape index (κ3) is 3.45. The van der Waals surface area contributed by atoms with Gasteiger partial charge in [0.1, 0.15) is 5.82 Å². The molecule has 1 N–H and O–H groups in total. The van der Waals surface area contributed by atoms with Gasteiger partial charge in [-0.05, 0) is 57.7 Å². The maximum Gasteiger partial charge on any atom is 0.255 e. The number of anilines is 1. The topological polar surface area (TPSA) is 29.1 Å². The third-order valence-corrected chi connectivity index (χ3v) is 3.64. The molecule has 0 spiro atoms. The van der Waals surface area contributed by atoms with Gasteiger partial charge in [-0.15, -0.1) is 0 Å². The molecule has 0 radical (unpaired) electrons. The Morgan fingerprint density at radius 1 is 1.20 bits per heavy atom. The summed E-state index contributed by atoms with van der Waals surface area (Å²) < 4.78 is 13.8. The minimum Gasteiger partial charge on any atom is -0.322 e. The lowest BCUT2D eigenvalue weighted by atomic mass is 10.0. The first-order chi connectivity index (χ1) is 9.47. The quantitative estimate of drug-likeness (QED) is 0.843. The number of carbonyl (C=O) groups is 1. The van der Waals surface area contributed by atoms with E-state index in [1.54, 1.807) is 6.07 Å². The standard InChI is InChI=1S/C16H15BrFNO/c1-10(2)11-4-3-5-13(8-11)19-16(20)12-6-7-14(17)15(18)9-12/h3-10H,1-2H3,(H,19,20). The van der Waals surface area contributed by atoms with Crippen LogP contribution in [0.2, 0.25) is 0 Å². The number of halogens is 2. The Hall–Kier alpha value is -1.68. The van der Waals surface area contributed by atoms with E-state index in [0.29, 0.717) is 21.6 Å². The van der Waals surface area contributed by atoms with Gasteiger partial charge in [0, 0.05) is 11.3 Å². The smallest absolute Gasteiger partial charge is 0.255 e. The van der Waals surface area contributed by atoms with Crippen molar-refractivity contribution in [2.45, 2.75) is 19.8 Å². The summed E-state index contributed by atoms with van der Waals surface area (Å²) in [7, 11) is 0. The Kier molecular flexibility index (Phi) is 4.55. The van der Waals surface area contributed by atoms with Crippen LogP contribution in [0.3, 0.4) is 0 Å². The molecule has 0 aliphatic heterocycles. The lowest BCUT2D eigenvalue weighted by molar-refractivity contribution is 0.102. The zero-order valence-electron chi connectivity index (χ0n) is 11.3. The van der Waals surface area contributed by atoms with Gasteiger partial charge >= 0.3 is 0 Å². The van der Waals surface area contributed by atoms with Gasteiger partial charge in [0.2, 0.25) is 0 Å². The highest BCUT2D eigenvalue weighted by molar-refractivity contribution is 9.10. The van der Waals surface area contributed by atoms with E-state index in [-0.39, 0.29) is 5.91 Å². The second kappa shape index (κ2) is 6.18. The normalized spacial score (nSPS) is 10.7. The SMILES string of the molecule is CC(C)c1cccc(NC(=O)c2ccc(Br)c(F)c2)c1. The molecule has 0 heterocycles. The Labute approximate surface area is 126 Å². The fourth-order valence-electron chi connectivity index (χ4n) is 1.82. The van der Waals surface area contributed by atoms with E-state index in [4.69, 9.17) is 0 Å². The fraction of sp³-hybridized carbons (Fsp3) is 0.188. The van der Waals surface area contributed by atoms with Crippen molar-refractivity contribution < 1.29 is 9.18 Å². The first kappa shape index (κ1) is 14.7. The second-order valence-electron chi connectivity index (χ2n) is 4.86. The fourth-order valence-corrected chi connectivity index (χ4v) is 2.06. The zero-order valence-corrected chi connectivity index (χ0v) is 12.9. The lowest BCUT2D eigenvalue weighted by Crippen LogP contribution is -2.12. The molecule has 2 rings (SSSR count). The molecule has 4 heteroatoms. The van der Waals surface area contributed by atoms with Crippen molar-refractivity contribution in [1.82, 2.24) is 0 Å². The van der Waals surface area contributed by atoms with E-state index < -0.39 is 5.82 Å². The third-order valence-electron chi connectivity index (χ3n) is 2.99. The Balaban J connectivity index is 2.19. The van der Waals surface area contributed by atoms with E-state index >= 15 is 0 Å². The number of nitrogens with one attached hydrogen (secondary N) is 1.